The van der Waals surface area contributed by atoms with Crippen molar-refractivity contribution in [3.8, 4) is 0 Å². The molecule has 0 radical (unpaired) electrons. The summed E-state index contributed by atoms with van der Waals surface area (Å²) < 4.78 is 29.9. The Morgan fingerprint density at radius 2 is 1.76 bits per heavy atom. The van der Waals surface area contributed by atoms with E-state index in [2.05, 4.69) is 15.1 Å². The molecule has 0 aliphatic heterocycles. The number of carbonyl (C=O) groups excluding carboxylic acids is 1. The minimum atomic E-state index is -3.81. The minimum Gasteiger partial charge on any atom is -0.326 e. The van der Waals surface area contributed by atoms with Gasteiger partial charge in [0.25, 0.3) is 10.0 Å². The minimum absolute atomic E-state index is 0.0873. The quantitative estimate of drug-likeness (QED) is 0.616. The Kier molecular flexibility index (Phi) is 5.95. The monoisotopic (exact) mass is 432 g/mol. The Morgan fingerprint density at radius 1 is 1.10 bits per heavy atom. The predicted molar refractivity (Wildman–Crippen MR) is 114 cm³/mol. The van der Waals surface area contributed by atoms with Crippen molar-refractivity contribution in [2.45, 2.75) is 32.2 Å². The van der Waals surface area contributed by atoms with Gasteiger partial charge in [0.05, 0.1) is 28.5 Å². The molecule has 0 unspecified atom stereocenters. The van der Waals surface area contributed by atoms with Crippen molar-refractivity contribution in [3.63, 3.8) is 0 Å². The lowest BCUT2D eigenvalue weighted by molar-refractivity contribution is -0.114. The Labute approximate surface area is 174 Å². The molecule has 0 aliphatic rings. The van der Waals surface area contributed by atoms with Crippen LogP contribution < -0.4 is 10.0 Å². The van der Waals surface area contributed by atoms with Gasteiger partial charge in [-0.05, 0) is 49.7 Å². The highest BCUT2D eigenvalue weighted by Gasteiger charge is 2.20. The molecule has 29 heavy (non-hydrogen) atoms. The second-order valence-electron chi connectivity index (χ2n) is 6.61. The highest BCUT2D eigenvalue weighted by atomic mass is 35.5. The number of hydrogen-bond acceptors (Lipinski definition) is 4. The van der Waals surface area contributed by atoms with E-state index in [0.717, 1.165) is 5.56 Å². The first kappa shape index (κ1) is 20.9. The highest BCUT2D eigenvalue weighted by molar-refractivity contribution is 7.92. The zero-order valence-corrected chi connectivity index (χ0v) is 17.8. The molecule has 3 aromatic rings. The van der Waals surface area contributed by atoms with Crippen molar-refractivity contribution < 1.29 is 13.2 Å². The third-order valence-electron chi connectivity index (χ3n) is 4.38. The maximum Gasteiger partial charge on any atom is 0.262 e. The molecule has 2 N–H and O–H groups in total. The molecule has 1 heterocycles. The second kappa shape index (κ2) is 8.26. The summed E-state index contributed by atoms with van der Waals surface area (Å²) in [5.41, 5.74) is 3.09. The number of nitrogens with zero attached hydrogens (tertiary/aromatic N) is 2. The molecule has 3 rings (SSSR count). The van der Waals surface area contributed by atoms with Crippen molar-refractivity contribution in [2.24, 2.45) is 0 Å². The van der Waals surface area contributed by atoms with Gasteiger partial charge < -0.3 is 5.32 Å². The molecule has 0 saturated carbocycles. The molecule has 0 fully saturated rings. The molecule has 0 aliphatic carbocycles. The summed E-state index contributed by atoms with van der Waals surface area (Å²) in [7, 11) is -3.81. The van der Waals surface area contributed by atoms with Crippen LogP contribution in [-0.2, 0) is 21.4 Å². The maximum atomic E-state index is 12.8. The fraction of sp³-hybridized carbons (Fsp3) is 0.200. The number of aryl methyl sites for hydroxylation is 1. The van der Waals surface area contributed by atoms with Gasteiger partial charge in [0.1, 0.15) is 0 Å². The standard InChI is InChI=1S/C20H21ClN4O3S/c1-13-20(14(2)25(23-13)12-16-6-4-5-7-19(16)21)24-29(27,28)18-10-8-17(9-11-18)22-15(3)26/h4-11,24H,12H2,1-3H3,(H,22,26). The van der Waals surface area contributed by atoms with Gasteiger partial charge in [-0.15, -0.1) is 0 Å². The number of anilines is 2. The SMILES string of the molecule is CC(=O)Nc1ccc(S(=O)(=O)Nc2c(C)nn(Cc3ccccc3Cl)c2C)cc1. The topological polar surface area (TPSA) is 93.1 Å². The fourth-order valence-electron chi connectivity index (χ4n) is 2.90. The number of aromatic nitrogens is 2. The summed E-state index contributed by atoms with van der Waals surface area (Å²) in [6.45, 7) is 5.36. The molecule has 1 aromatic heterocycles. The van der Waals surface area contributed by atoms with E-state index < -0.39 is 10.0 Å². The smallest absolute Gasteiger partial charge is 0.262 e. The zero-order valence-electron chi connectivity index (χ0n) is 16.2. The van der Waals surface area contributed by atoms with Gasteiger partial charge in [0.15, 0.2) is 0 Å². The van der Waals surface area contributed by atoms with E-state index in [4.69, 9.17) is 11.6 Å². The van der Waals surface area contributed by atoms with E-state index in [-0.39, 0.29) is 10.8 Å². The zero-order chi connectivity index (χ0) is 21.2. The van der Waals surface area contributed by atoms with Crippen LogP contribution in [0.5, 0.6) is 0 Å². The first-order valence-corrected chi connectivity index (χ1v) is 10.7. The van der Waals surface area contributed by atoms with Crippen LogP contribution in [0.4, 0.5) is 11.4 Å². The molecule has 2 aromatic carbocycles. The molecular weight excluding hydrogens is 412 g/mol. The molecule has 0 atom stereocenters. The normalized spacial score (nSPS) is 11.3. The van der Waals surface area contributed by atoms with E-state index >= 15 is 0 Å². The lowest BCUT2D eigenvalue weighted by Gasteiger charge is -2.10. The van der Waals surface area contributed by atoms with Crippen LogP contribution in [-0.4, -0.2) is 24.1 Å². The van der Waals surface area contributed by atoms with Gasteiger partial charge >= 0.3 is 0 Å². The van der Waals surface area contributed by atoms with E-state index in [0.29, 0.717) is 34.3 Å². The average Bonchev–Trinajstić information content (AvgIpc) is 2.91. The Bertz CT molecular complexity index is 1150. The number of hydrogen-bond donors (Lipinski definition) is 2. The number of amides is 1. The predicted octanol–water partition coefficient (Wildman–Crippen LogP) is 3.96. The summed E-state index contributed by atoms with van der Waals surface area (Å²) in [4.78, 5) is 11.2. The summed E-state index contributed by atoms with van der Waals surface area (Å²) in [5, 5.41) is 7.69. The first-order chi connectivity index (χ1) is 13.7. The molecule has 152 valence electrons. The largest absolute Gasteiger partial charge is 0.326 e. The highest BCUT2D eigenvalue weighted by Crippen LogP contribution is 2.26. The lowest BCUT2D eigenvalue weighted by Crippen LogP contribution is -2.14. The number of sulfonamides is 1. The van der Waals surface area contributed by atoms with Crippen molar-refractivity contribution >= 4 is 38.9 Å². The lowest BCUT2D eigenvalue weighted by atomic mass is 10.2. The molecule has 0 saturated heterocycles. The number of nitrogens with one attached hydrogen (secondary N) is 2. The molecular formula is C20H21ClN4O3S. The van der Waals surface area contributed by atoms with Crippen molar-refractivity contribution in [1.29, 1.82) is 0 Å². The first-order valence-electron chi connectivity index (χ1n) is 8.85. The molecule has 1 amide bonds. The van der Waals surface area contributed by atoms with E-state index in [1.54, 1.807) is 24.6 Å². The van der Waals surface area contributed by atoms with Gasteiger partial charge in [-0.25, -0.2) is 8.42 Å². The second-order valence-corrected chi connectivity index (χ2v) is 8.70. The van der Waals surface area contributed by atoms with Gasteiger partial charge in [0.2, 0.25) is 5.91 Å². The van der Waals surface area contributed by atoms with Crippen LogP contribution in [0, 0.1) is 13.8 Å². The number of rotatable bonds is 6. The van der Waals surface area contributed by atoms with Crippen molar-refractivity contribution in [1.82, 2.24) is 9.78 Å². The van der Waals surface area contributed by atoms with Crippen LogP contribution >= 0.6 is 11.6 Å². The summed E-state index contributed by atoms with van der Waals surface area (Å²) in [6.07, 6.45) is 0. The van der Waals surface area contributed by atoms with Gasteiger partial charge in [-0.1, -0.05) is 29.8 Å². The van der Waals surface area contributed by atoms with Gasteiger partial charge in [-0.2, -0.15) is 5.10 Å². The fourth-order valence-corrected chi connectivity index (χ4v) is 4.27. The molecule has 0 bridgehead atoms. The summed E-state index contributed by atoms with van der Waals surface area (Å²) in [5.74, 6) is -0.226. The Hall–Kier alpha value is -2.84. The van der Waals surface area contributed by atoms with Gasteiger partial charge in [-0.3, -0.25) is 14.2 Å². The number of benzene rings is 2. The molecule has 9 heteroatoms. The third-order valence-corrected chi connectivity index (χ3v) is 6.12. The van der Waals surface area contributed by atoms with Crippen LogP contribution in [0.2, 0.25) is 5.02 Å². The van der Waals surface area contributed by atoms with Crippen LogP contribution in [0.15, 0.2) is 53.4 Å². The number of halogens is 1. The summed E-state index contributed by atoms with van der Waals surface area (Å²) in [6, 6.07) is 13.4. The Balaban J connectivity index is 1.85. The molecule has 7 nitrogen and oxygen atoms in total. The number of carbonyl (C=O) groups is 1. The van der Waals surface area contributed by atoms with Crippen molar-refractivity contribution in [2.75, 3.05) is 10.0 Å². The Morgan fingerprint density at radius 3 is 2.38 bits per heavy atom. The average molecular weight is 433 g/mol. The van der Waals surface area contributed by atoms with E-state index in [1.165, 1.54) is 31.2 Å². The van der Waals surface area contributed by atoms with Crippen LogP contribution in [0.1, 0.15) is 23.9 Å². The van der Waals surface area contributed by atoms with Crippen LogP contribution in [0.25, 0.3) is 0 Å². The maximum absolute atomic E-state index is 12.8. The van der Waals surface area contributed by atoms with Crippen LogP contribution in [0.3, 0.4) is 0 Å². The van der Waals surface area contributed by atoms with E-state index in [1.807, 2.05) is 18.2 Å². The summed E-state index contributed by atoms with van der Waals surface area (Å²) >= 11 is 6.22. The van der Waals surface area contributed by atoms with E-state index in [9.17, 15) is 13.2 Å². The van der Waals surface area contributed by atoms with Crippen molar-refractivity contribution in [3.05, 3.63) is 70.5 Å². The third kappa shape index (κ3) is 4.78. The van der Waals surface area contributed by atoms with Gasteiger partial charge in [0, 0.05) is 17.6 Å². The molecule has 0 spiro atoms.